The molecule has 2 N–H and O–H groups in total. The summed E-state index contributed by atoms with van der Waals surface area (Å²) >= 11 is 5.54. The van der Waals surface area contributed by atoms with Crippen LogP contribution in [-0.4, -0.2) is 54.2 Å². The van der Waals surface area contributed by atoms with E-state index in [0.29, 0.717) is 0 Å². The summed E-state index contributed by atoms with van der Waals surface area (Å²) in [7, 11) is 0. The minimum Gasteiger partial charge on any atom is -0.381 e. The second kappa shape index (κ2) is 7.29. The smallest absolute Gasteiger partial charge is 0.173 e. The summed E-state index contributed by atoms with van der Waals surface area (Å²) in [4.78, 5) is 4.75. The Balaban J connectivity index is 1.51. The number of hydrogen-bond acceptors (Lipinski definition) is 3. The zero-order valence-electron chi connectivity index (χ0n) is 13.4. The first kappa shape index (κ1) is 15.6. The van der Waals surface area contributed by atoms with Gasteiger partial charge >= 0.3 is 0 Å². The lowest BCUT2D eigenvalue weighted by Crippen LogP contribution is -2.50. The third-order valence-electron chi connectivity index (χ3n) is 4.73. The maximum Gasteiger partial charge on any atom is 0.173 e. The van der Waals surface area contributed by atoms with E-state index < -0.39 is 0 Å². The Morgan fingerprint density at radius 1 is 1.36 bits per heavy atom. The van der Waals surface area contributed by atoms with Gasteiger partial charge in [-0.2, -0.15) is 0 Å². The largest absolute Gasteiger partial charge is 0.381 e. The molecule has 5 heteroatoms. The lowest BCUT2D eigenvalue weighted by atomic mass is 9.92. The van der Waals surface area contributed by atoms with Crippen LogP contribution in [0.3, 0.4) is 0 Å². The topological polar surface area (TPSA) is 30.5 Å². The van der Waals surface area contributed by atoms with Crippen molar-refractivity contribution in [2.45, 2.75) is 26.2 Å². The lowest BCUT2D eigenvalue weighted by Gasteiger charge is -2.35. The van der Waals surface area contributed by atoms with E-state index in [1.54, 1.807) is 0 Å². The van der Waals surface area contributed by atoms with Crippen LogP contribution >= 0.6 is 12.2 Å². The fraction of sp³-hybridized carbons (Fsp3) is 0.588. The normalized spacial score (nSPS) is 24.2. The third-order valence-corrected chi connectivity index (χ3v) is 5.11. The Labute approximate surface area is 138 Å². The molecule has 0 aromatic carbocycles. The van der Waals surface area contributed by atoms with E-state index in [2.05, 4.69) is 45.7 Å². The van der Waals surface area contributed by atoms with Crippen molar-refractivity contribution in [3.8, 4) is 0 Å². The molecule has 4 nitrogen and oxygen atoms in total. The van der Waals surface area contributed by atoms with Gasteiger partial charge in [-0.05, 0) is 55.2 Å². The molecule has 0 radical (unpaired) electrons. The summed E-state index contributed by atoms with van der Waals surface area (Å²) in [6.45, 7) is 8.55. The molecule has 0 aromatic rings. The van der Waals surface area contributed by atoms with Crippen molar-refractivity contribution >= 4 is 17.3 Å². The van der Waals surface area contributed by atoms with Crippen molar-refractivity contribution in [2.75, 3.05) is 39.3 Å². The molecule has 22 heavy (non-hydrogen) atoms. The summed E-state index contributed by atoms with van der Waals surface area (Å²) in [5.41, 5.74) is 4.26. The van der Waals surface area contributed by atoms with Gasteiger partial charge in [0.05, 0.1) is 0 Å². The summed E-state index contributed by atoms with van der Waals surface area (Å²) in [6, 6.07) is 0. The quantitative estimate of drug-likeness (QED) is 0.760. The summed E-state index contributed by atoms with van der Waals surface area (Å²) in [5, 5.41) is 7.72. The van der Waals surface area contributed by atoms with Crippen LogP contribution in [0, 0.1) is 0 Å². The second-order valence-corrected chi connectivity index (χ2v) is 6.55. The van der Waals surface area contributed by atoms with Gasteiger partial charge in [-0.25, -0.2) is 0 Å². The maximum absolute atomic E-state index is 5.54. The number of piperazine rings is 1. The average molecular weight is 318 g/mol. The van der Waals surface area contributed by atoms with Gasteiger partial charge in [0, 0.05) is 44.6 Å². The Morgan fingerprint density at radius 2 is 2.18 bits per heavy atom. The van der Waals surface area contributed by atoms with Gasteiger partial charge in [-0.3, -0.25) is 0 Å². The van der Waals surface area contributed by atoms with Gasteiger partial charge in [-0.1, -0.05) is 13.0 Å². The van der Waals surface area contributed by atoms with E-state index in [4.69, 9.17) is 12.2 Å². The molecule has 0 bridgehead atoms. The molecule has 0 saturated carbocycles. The highest BCUT2D eigenvalue weighted by Gasteiger charge is 2.18. The van der Waals surface area contributed by atoms with Crippen molar-refractivity contribution in [3.63, 3.8) is 0 Å². The summed E-state index contributed by atoms with van der Waals surface area (Å²) in [5.74, 6) is 0. The molecular formula is C17H26N4S. The van der Waals surface area contributed by atoms with Crippen LogP contribution < -0.4 is 10.6 Å². The average Bonchev–Trinajstić information content (AvgIpc) is 2.59. The molecule has 3 aliphatic rings. The summed E-state index contributed by atoms with van der Waals surface area (Å²) in [6.07, 6.45) is 10.0. The molecule has 1 aliphatic carbocycles. The van der Waals surface area contributed by atoms with Gasteiger partial charge in [0.1, 0.15) is 0 Å². The molecule has 3 rings (SSSR count). The van der Waals surface area contributed by atoms with Crippen LogP contribution in [0.1, 0.15) is 26.2 Å². The molecule has 0 unspecified atom stereocenters. The van der Waals surface area contributed by atoms with Crippen molar-refractivity contribution in [1.82, 2.24) is 20.4 Å². The maximum atomic E-state index is 5.54. The van der Waals surface area contributed by atoms with E-state index in [1.165, 1.54) is 29.7 Å². The number of rotatable bonds is 2. The van der Waals surface area contributed by atoms with Gasteiger partial charge < -0.3 is 20.4 Å². The molecule has 1 saturated heterocycles. The Morgan fingerprint density at radius 3 is 2.95 bits per heavy atom. The zero-order chi connectivity index (χ0) is 15.4. The summed E-state index contributed by atoms with van der Waals surface area (Å²) < 4.78 is 0. The molecule has 0 spiro atoms. The van der Waals surface area contributed by atoms with E-state index in [9.17, 15) is 0 Å². The fourth-order valence-corrected chi connectivity index (χ4v) is 3.49. The third kappa shape index (κ3) is 3.70. The lowest BCUT2D eigenvalue weighted by molar-refractivity contribution is 0.189. The predicted octanol–water partition coefficient (Wildman–Crippen LogP) is 1.98. The van der Waals surface area contributed by atoms with E-state index in [-0.39, 0.29) is 0 Å². The number of hydrogen-bond donors (Lipinski definition) is 2. The standard InChI is InChI=1S/C17H26N4S/c1-2-20-7-9-21(10-8-20)17(22)19-13-14-11-15-5-3-4-6-16(15)18-12-14/h4,6,13,18H,2-3,5,7-12H2,1H3,(H,19,22)/b14-13+. The van der Waals surface area contributed by atoms with E-state index >= 15 is 0 Å². The van der Waals surface area contributed by atoms with E-state index in [1.807, 2.05) is 0 Å². The number of nitrogens with zero attached hydrogens (tertiary/aromatic N) is 2. The van der Waals surface area contributed by atoms with E-state index in [0.717, 1.165) is 50.8 Å². The molecular weight excluding hydrogens is 292 g/mol. The zero-order valence-corrected chi connectivity index (χ0v) is 14.2. The van der Waals surface area contributed by atoms with Crippen molar-refractivity contribution in [2.24, 2.45) is 0 Å². The number of thiocarbonyl (C=S) groups is 1. The van der Waals surface area contributed by atoms with Gasteiger partial charge in [-0.15, -0.1) is 0 Å². The molecule has 120 valence electrons. The molecule has 0 aromatic heterocycles. The first-order valence-corrected chi connectivity index (χ1v) is 8.75. The van der Waals surface area contributed by atoms with Gasteiger partial charge in [0.2, 0.25) is 0 Å². The minimum atomic E-state index is 0.867. The van der Waals surface area contributed by atoms with Crippen LogP contribution in [0.4, 0.5) is 0 Å². The van der Waals surface area contributed by atoms with Crippen LogP contribution in [0.2, 0.25) is 0 Å². The van der Waals surface area contributed by atoms with Crippen LogP contribution in [0.15, 0.2) is 35.2 Å². The number of allylic oxidation sites excluding steroid dienone is 3. The minimum absolute atomic E-state index is 0.867. The molecule has 2 aliphatic heterocycles. The monoisotopic (exact) mass is 318 g/mol. The van der Waals surface area contributed by atoms with Crippen LogP contribution in [0.5, 0.6) is 0 Å². The van der Waals surface area contributed by atoms with Crippen LogP contribution in [-0.2, 0) is 0 Å². The highest BCUT2D eigenvalue weighted by atomic mass is 32.1. The Bertz CT molecular complexity index is 513. The van der Waals surface area contributed by atoms with Gasteiger partial charge in [0.25, 0.3) is 0 Å². The molecule has 1 fully saturated rings. The molecule has 0 amide bonds. The Hall–Kier alpha value is -1.33. The SMILES string of the molecule is CCN1CCN(C(=S)N/C=C2/CNC3=C(CCC=C3)C2)CC1. The van der Waals surface area contributed by atoms with Crippen molar-refractivity contribution in [1.29, 1.82) is 0 Å². The second-order valence-electron chi connectivity index (χ2n) is 6.16. The molecule has 2 heterocycles. The van der Waals surface area contributed by atoms with Crippen molar-refractivity contribution in [3.05, 3.63) is 35.2 Å². The number of likely N-dealkylation sites (N-methyl/N-ethyl adjacent to an activating group) is 1. The first-order valence-electron chi connectivity index (χ1n) is 8.34. The number of nitrogens with one attached hydrogen (secondary N) is 2. The van der Waals surface area contributed by atoms with Crippen LogP contribution in [0.25, 0.3) is 0 Å². The first-order chi connectivity index (χ1) is 10.8. The fourth-order valence-electron chi connectivity index (χ4n) is 3.25. The van der Waals surface area contributed by atoms with Gasteiger partial charge in [0.15, 0.2) is 5.11 Å². The predicted molar refractivity (Wildman–Crippen MR) is 95.5 cm³/mol. The highest BCUT2D eigenvalue weighted by Crippen LogP contribution is 2.26. The van der Waals surface area contributed by atoms with Crippen molar-refractivity contribution < 1.29 is 0 Å². The Kier molecular flexibility index (Phi) is 5.16. The highest BCUT2D eigenvalue weighted by molar-refractivity contribution is 7.80. The molecule has 0 atom stereocenters.